The van der Waals surface area contributed by atoms with Crippen molar-refractivity contribution in [1.29, 1.82) is 0 Å². The molecule has 0 unspecified atom stereocenters. The lowest BCUT2D eigenvalue weighted by Gasteiger charge is -2.08. The Hall–Kier alpha value is -4.04. The Bertz CT molecular complexity index is 1110. The minimum Gasteiger partial charge on any atom is -0.465 e. The first-order chi connectivity index (χ1) is 15.1. The third-order valence-electron chi connectivity index (χ3n) is 4.55. The van der Waals surface area contributed by atoms with Crippen LogP contribution in [0.4, 0.5) is 4.79 Å². The van der Waals surface area contributed by atoms with Gasteiger partial charge in [-0.2, -0.15) is 0 Å². The number of hydrogen-bond donors (Lipinski definition) is 1. The Morgan fingerprint density at radius 2 is 1.71 bits per heavy atom. The van der Waals surface area contributed by atoms with Crippen molar-refractivity contribution in [3.63, 3.8) is 0 Å². The highest BCUT2D eigenvalue weighted by atomic mass is 16.5. The molecule has 0 aliphatic rings. The zero-order valence-electron chi connectivity index (χ0n) is 17.5. The number of methoxy groups -OCH3 is 1. The van der Waals surface area contributed by atoms with Gasteiger partial charge in [-0.1, -0.05) is 66.4 Å². The minimum atomic E-state index is -0.513. The van der Waals surface area contributed by atoms with Crippen LogP contribution in [0.3, 0.4) is 0 Å². The second-order valence-electron chi connectivity index (χ2n) is 6.84. The third kappa shape index (κ3) is 6.22. The number of hydrogen-bond acceptors (Lipinski definition) is 4. The van der Waals surface area contributed by atoms with E-state index in [4.69, 9.17) is 9.47 Å². The summed E-state index contributed by atoms with van der Waals surface area (Å²) in [5, 5.41) is 2.64. The molecular weight excluding hydrogens is 390 g/mol. The van der Waals surface area contributed by atoms with E-state index in [0.717, 1.165) is 27.8 Å². The van der Waals surface area contributed by atoms with Crippen molar-refractivity contribution in [1.82, 2.24) is 5.32 Å². The van der Waals surface area contributed by atoms with Gasteiger partial charge in [-0.25, -0.2) is 9.59 Å². The lowest BCUT2D eigenvalue weighted by Crippen LogP contribution is -2.24. The van der Waals surface area contributed by atoms with Gasteiger partial charge >= 0.3 is 12.1 Å². The van der Waals surface area contributed by atoms with Gasteiger partial charge < -0.3 is 14.8 Å². The Kier molecular flexibility index (Phi) is 7.45. The van der Waals surface area contributed by atoms with E-state index < -0.39 is 6.09 Å². The van der Waals surface area contributed by atoms with Crippen LogP contribution >= 0.6 is 0 Å². The fourth-order valence-electron chi connectivity index (χ4n) is 2.95. The molecule has 0 radical (unpaired) electrons. The number of carbonyl (C=O) groups excluding carboxylic acids is 2. The molecule has 3 aromatic rings. The molecule has 0 aromatic heterocycles. The van der Waals surface area contributed by atoms with E-state index >= 15 is 0 Å². The van der Waals surface area contributed by atoms with Crippen LogP contribution in [0.15, 0.2) is 72.8 Å². The van der Waals surface area contributed by atoms with E-state index in [-0.39, 0.29) is 19.1 Å². The average molecular weight is 413 g/mol. The molecule has 31 heavy (non-hydrogen) atoms. The lowest BCUT2D eigenvalue weighted by atomic mass is 9.97. The largest absolute Gasteiger partial charge is 0.465 e. The summed E-state index contributed by atoms with van der Waals surface area (Å²) in [4.78, 5) is 23.5. The van der Waals surface area contributed by atoms with E-state index in [9.17, 15) is 9.59 Å². The maximum absolute atomic E-state index is 11.8. The van der Waals surface area contributed by atoms with Crippen molar-refractivity contribution in [2.24, 2.45) is 0 Å². The summed E-state index contributed by atoms with van der Waals surface area (Å²) >= 11 is 0. The zero-order chi connectivity index (χ0) is 22.1. The number of amides is 1. The van der Waals surface area contributed by atoms with Gasteiger partial charge in [0, 0.05) is 5.56 Å². The molecule has 156 valence electrons. The van der Waals surface area contributed by atoms with Crippen molar-refractivity contribution in [2.45, 2.75) is 13.5 Å². The summed E-state index contributed by atoms with van der Waals surface area (Å²) in [6.45, 7) is 2.38. The number of rotatable bonds is 5. The molecule has 0 heterocycles. The van der Waals surface area contributed by atoms with Gasteiger partial charge in [-0.3, -0.25) is 0 Å². The molecule has 0 fully saturated rings. The van der Waals surface area contributed by atoms with E-state index in [2.05, 4.69) is 17.2 Å². The maximum Gasteiger partial charge on any atom is 0.408 e. The van der Waals surface area contributed by atoms with E-state index in [0.29, 0.717) is 5.56 Å². The lowest BCUT2D eigenvalue weighted by molar-refractivity contribution is 0.0600. The second-order valence-corrected chi connectivity index (χ2v) is 6.84. The number of carbonyl (C=O) groups is 2. The monoisotopic (exact) mass is 413 g/mol. The first kappa shape index (κ1) is 21.7. The van der Waals surface area contributed by atoms with E-state index in [1.54, 1.807) is 12.1 Å². The van der Waals surface area contributed by atoms with Crippen LogP contribution in [0.1, 0.15) is 27.0 Å². The zero-order valence-corrected chi connectivity index (χ0v) is 17.5. The summed E-state index contributed by atoms with van der Waals surface area (Å²) in [5.41, 5.74) is 5.21. The predicted octanol–water partition coefficient (Wildman–Crippen LogP) is 4.73. The first-order valence-corrected chi connectivity index (χ1v) is 9.79. The van der Waals surface area contributed by atoms with Crippen molar-refractivity contribution < 1.29 is 19.1 Å². The highest BCUT2D eigenvalue weighted by Gasteiger charge is 2.08. The van der Waals surface area contributed by atoms with Crippen LogP contribution in [0, 0.1) is 18.8 Å². The van der Waals surface area contributed by atoms with Crippen molar-refractivity contribution in [3.8, 4) is 23.0 Å². The first-order valence-electron chi connectivity index (χ1n) is 9.79. The number of ether oxygens (including phenoxy) is 2. The van der Waals surface area contributed by atoms with Gasteiger partial charge in [0.15, 0.2) is 0 Å². The van der Waals surface area contributed by atoms with E-state index in [1.807, 2.05) is 67.6 Å². The Labute approximate surface area is 182 Å². The van der Waals surface area contributed by atoms with E-state index in [1.165, 1.54) is 7.11 Å². The van der Waals surface area contributed by atoms with Gasteiger partial charge in [0.1, 0.15) is 6.61 Å². The number of benzene rings is 3. The highest BCUT2D eigenvalue weighted by Crippen LogP contribution is 2.25. The Morgan fingerprint density at radius 3 is 2.42 bits per heavy atom. The van der Waals surface area contributed by atoms with Crippen LogP contribution in [0.5, 0.6) is 0 Å². The van der Waals surface area contributed by atoms with Crippen LogP contribution in [0.25, 0.3) is 11.1 Å². The number of aryl methyl sites for hydroxylation is 1. The van der Waals surface area contributed by atoms with Crippen LogP contribution in [-0.4, -0.2) is 25.7 Å². The number of alkyl carbamates (subject to hydrolysis) is 1. The number of nitrogens with one attached hydrogen (secondary N) is 1. The molecule has 5 nitrogen and oxygen atoms in total. The van der Waals surface area contributed by atoms with Crippen molar-refractivity contribution >= 4 is 12.1 Å². The molecule has 0 aliphatic carbocycles. The molecule has 1 amide bonds. The molecule has 3 aromatic carbocycles. The normalized spacial score (nSPS) is 9.87. The SMILES string of the molecule is COC(=O)c1ccc(-c2ccc(C)cc2C#CCNC(=O)OCc2ccccc2)cc1. The average Bonchev–Trinajstić information content (AvgIpc) is 2.81. The molecule has 0 atom stereocenters. The Morgan fingerprint density at radius 1 is 0.968 bits per heavy atom. The van der Waals surface area contributed by atoms with Crippen LogP contribution < -0.4 is 5.32 Å². The predicted molar refractivity (Wildman–Crippen MR) is 119 cm³/mol. The van der Waals surface area contributed by atoms with Gasteiger partial charge in [0.05, 0.1) is 19.2 Å². The molecule has 5 heteroatoms. The smallest absolute Gasteiger partial charge is 0.408 e. The van der Waals surface area contributed by atoms with Gasteiger partial charge in [0.2, 0.25) is 0 Å². The molecule has 0 saturated heterocycles. The molecular formula is C26H23NO4. The molecule has 3 rings (SSSR count). The minimum absolute atomic E-state index is 0.169. The summed E-state index contributed by atoms with van der Waals surface area (Å²) in [7, 11) is 1.36. The second kappa shape index (κ2) is 10.7. The number of esters is 1. The Balaban J connectivity index is 1.64. The maximum atomic E-state index is 11.8. The van der Waals surface area contributed by atoms with Crippen LogP contribution in [0.2, 0.25) is 0 Å². The summed E-state index contributed by atoms with van der Waals surface area (Å²) in [6.07, 6.45) is -0.513. The van der Waals surface area contributed by atoms with Gasteiger partial charge in [-0.15, -0.1) is 0 Å². The van der Waals surface area contributed by atoms with Crippen molar-refractivity contribution in [2.75, 3.05) is 13.7 Å². The summed E-state index contributed by atoms with van der Waals surface area (Å²) < 4.78 is 9.92. The van der Waals surface area contributed by atoms with Gasteiger partial charge in [-0.05, 0) is 47.4 Å². The quantitative estimate of drug-likeness (QED) is 0.485. The summed E-state index contributed by atoms with van der Waals surface area (Å²) in [5.74, 6) is 5.71. The topological polar surface area (TPSA) is 64.6 Å². The molecule has 1 N–H and O–H groups in total. The fraction of sp³-hybridized carbons (Fsp3) is 0.154. The van der Waals surface area contributed by atoms with Gasteiger partial charge in [0.25, 0.3) is 0 Å². The van der Waals surface area contributed by atoms with Crippen molar-refractivity contribution in [3.05, 3.63) is 95.1 Å². The summed E-state index contributed by atoms with van der Waals surface area (Å²) in [6, 6.07) is 22.6. The standard InChI is InChI=1S/C26H23NO4/c1-19-10-15-24(21-11-13-22(14-12-21)25(28)30-2)23(17-19)9-6-16-27-26(29)31-18-20-7-4-3-5-8-20/h3-5,7-8,10-15,17H,16,18H2,1-2H3,(H,27,29). The molecule has 0 aliphatic heterocycles. The molecule has 0 bridgehead atoms. The van der Waals surface area contributed by atoms with Crippen LogP contribution in [-0.2, 0) is 16.1 Å². The molecule has 0 spiro atoms. The highest BCUT2D eigenvalue weighted by molar-refractivity contribution is 5.90. The third-order valence-corrected chi connectivity index (χ3v) is 4.55. The molecule has 0 saturated carbocycles. The fourth-order valence-corrected chi connectivity index (χ4v) is 2.95.